The van der Waals surface area contributed by atoms with Crippen molar-refractivity contribution in [2.75, 3.05) is 25.4 Å². The lowest BCUT2D eigenvalue weighted by Crippen LogP contribution is -3.13. The van der Waals surface area contributed by atoms with Crippen molar-refractivity contribution in [3.05, 3.63) is 60.2 Å². The molecule has 0 aliphatic carbocycles. The molecule has 4 aromatic rings. The van der Waals surface area contributed by atoms with Gasteiger partial charge in [-0.15, -0.1) is 10.2 Å². The van der Waals surface area contributed by atoms with Crippen molar-refractivity contribution in [3.8, 4) is 0 Å². The zero-order valence-corrected chi connectivity index (χ0v) is 18.1. The van der Waals surface area contributed by atoms with Crippen molar-refractivity contribution < 1.29 is 4.90 Å². The number of aromatic nitrogens is 4. The Morgan fingerprint density at radius 2 is 1.70 bits per heavy atom. The molecular weight excluding hydrogens is 390 g/mol. The molecular formula is C24H28N5S+. The van der Waals surface area contributed by atoms with Crippen molar-refractivity contribution in [1.29, 1.82) is 0 Å². The van der Waals surface area contributed by atoms with Gasteiger partial charge in [0.1, 0.15) is 5.52 Å². The highest BCUT2D eigenvalue weighted by Gasteiger charge is 2.16. The van der Waals surface area contributed by atoms with Gasteiger partial charge in [0.05, 0.1) is 30.9 Å². The van der Waals surface area contributed by atoms with Crippen LogP contribution in [0.1, 0.15) is 24.8 Å². The van der Waals surface area contributed by atoms with Gasteiger partial charge in [-0.2, -0.15) is 0 Å². The Hall–Kier alpha value is -2.44. The van der Waals surface area contributed by atoms with E-state index < -0.39 is 0 Å². The maximum atomic E-state index is 4.95. The van der Waals surface area contributed by atoms with Crippen LogP contribution in [0, 0.1) is 0 Å². The summed E-state index contributed by atoms with van der Waals surface area (Å²) in [5.41, 5.74) is 4.38. The third-order valence-corrected chi connectivity index (χ3v) is 6.91. The summed E-state index contributed by atoms with van der Waals surface area (Å²) in [4.78, 5) is 6.67. The molecule has 0 spiro atoms. The Labute approximate surface area is 181 Å². The van der Waals surface area contributed by atoms with Crippen molar-refractivity contribution in [2.45, 2.75) is 37.4 Å². The molecule has 1 saturated heterocycles. The second-order valence-corrected chi connectivity index (χ2v) is 9.14. The molecule has 0 atom stereocenters. The van der Waals surface area contributed by atoms with Crippen LogP contribution in [0.5, 0.6) is 0 Å². The van der Waals surface area contributed by atoms with Crippen molar-refractivity contribution in [1.82, 2.24) is 19.7 Å². The van der Waals surface area contributed by atoms with Crippen LogP contribution in [0.4, 0.5) is 0 Å². The number of aryl methyl sites for hydroxylation is 2. The number of hydrogen-bond acceptors (Lipinski definition) is 4. The molecule has 1 aliphatic rings. The van der Waals surface area contributed by atoms with Crippen molar-refractivity contribution in [3.63, 3.8) is 0 Å². The lowest BCUT2D eigenvalue weighted by atomic mass is 10.1. The SMILES string of the molecule is c1ccc(CCn2c3ccccc3c3nnc(SCC[NH+]4CCCCC4)nc32)cc1. The summed E-state index contributed by atoms with van der Waals surface area (Å²) in [7, 11) is 0. The number of nitrogens with one attached hydrogen (secondary N) is 1. The number of benzene rings is 2. The first-order valence-corrected chi connectivity index (χ1v) is 12.0. The Morgan fingerprint density at radius 1 is 0.900 bits per heavy atom. The van der Waals surface area contributed by atoms with E-state index in [2.05, 4.69) is 69.4 Å². The van der Waals surface area contributed by atoms with Crippen LogP contribution in [0.25, 0.3) is 22.1 Å². The summed E-state index contributed by atoms with van der Waals surface area (Å²) >= 11 is 1.74. The predicted molar refractivity (Wildman–Crippen MR) is 123 cm³/mol. The number of piperidine rings is 1. The molecule has 2 aromatic carbocycles. The second-order valence-electron chi connectivity index (χ2n) is 8.08. The number of rotatable bonds is 7. The summed E-state index contributed by atoms with van der Waals surface area (Å²) in [6.07, 6.45) is 5.10. The van der Waals surface area contributed by atoms with E-state index >= 15 is 0 Å². The highest BCUT2D eigenvalue weighted by Crippen LogP contribution is 2.27. The zero-order valence-electron chi connectivity index (χ0n) is 17.3. The van der Waals surface area contributed by atoms with Gasteiger partial charge in [0.25, 0.3) is 0 Å². The molecule has 1 fully saturated rings. The van der Waals surface area contributed by atoms with E-state index in [0.29, 0.717) is 0 Å². The van der Waals surface area contributed by atoms with Crippen LogP contribution in [0.2, 0.25) is 0 Å². The molecule has 0 amide bonds. The molecule has 3 heterocycles. The summed E-state index contributed by atoms with van der Waals surface area (Å²) in [5, 5.41) is 11.0. The molecule has 1 aliphatic heterocycles. The van der Waals surface area contributed by atoms with Crippen LogP contribution in [0.15, 0.2) is 59.8 Å². The number of nitrogens with zero attached hydrogens (tertiary/aromatic N) is 4. The minimum absolute atomic E-state index is 0.794. The molecule has 5 nitrogen and oxygen atoms in total. The number of para-hydroxylation sites is 1. The number of likely N-dealkylation sites (tertiary alicyclic amines) is 1. The fourth-order valence-corrected chi connectivity index (χ4v) is 5.27. The zero-order chi connectivity index (χ0) is 20.2. The quantitative estimate of drug-likeness (QED) is 0.468. The van der Waals surface area contributed by atoms with Gasteiger partial charge in [-0.3, -0.25) is 0 Å². The fourth-order valence-electron chi connectivity index (χ4n) is 4.45. The van der Waals surface area contributed by atoms with E-state index in [1.165, 1.54) is 50.0 Å². The average molecular weight is 419 g/mol. The Morgan fingerprint density at radius 3 is 2.57 bits per heavy atom. The number of hydrogen-bond donors (Lipinski definition) is 1. The highest BCUT2D eigenvalue weighted by molar-refractivity contribution is 7.99. The van der Waals surface area contributed by atoms with E-state index in [-0.39, 0.29) is 0 Å². The molecule has 2 aromatic heterocycles. The summed E-state index contributed by atoms with van der Waals surface area (Å²) in [6, 6.07) is 19.1. The first-order valence-electron chi connectivity index (χ1n) is 11.0. The van der Waals surface area contributed by atoms with Gasteiger partial charge in [-0.1, -0.05) is 60.3 Å². The average Bonchev–Trinajstić information content (AvgIpc) is 3.12. The second kappa shape index (κ2) is 9.14. The molecule has 0 radical (unpaired) electrons. The fraction of sp³-hybridized carbons (Fsp3) is 0.375. The third-order valence-electron chi connectivity index (χ3n) is 6.07. The normalized spacial score (nSPS) is 15.2. The van der Waals surface area contributed by atoms with Gasteiger partial charge in [0.2, 0.25) is 5.16 Å². The van der Waals surface area contributed by atoms with Crippen LogP contribution in [-0.4, -0.2) is 45.1 Å². The Balaban J connectivity index is 1.39. The molecule has 0 unspecified atom stereocenters. The molecule has 154 valence electrons. The molecule has 0 saturated carbocycles. The molecule has 1 N–H and O–H groups in total. The molecule has 5 rings (SSSR count). The predicted octanol–water partition coefficient (Wildman–Crippen LogP) is 3.38. The smallest absolute Gasteiger partial charge is 0.211 e. The Bertz CT molecular complexity index is 1120. The van der Waals surface area contributed by atoms with Gasteiger partial charge in [0, 0.05) is 11.9 Å². The van der Waals surface area contributed by atoms with Gasteiger partial charge in [0.15, 0.2) is 5.65 Å². The van der Waals surface area contributed by atoms with E-state index in [0.717, 1.165) is 40.4 Å². The highest BCUT2D eigenvalue weighted by atomic mass is 32.2. The van der Waals surface area contributed by atoms with Gasteiger partial charge >= 0.3 is 0 Å². The first kappa shape index (κ1) is 19.5. The topological polar surface area (TPSA) is 48.0 Å². The van der Waals surface area contributed by atoms with Crippen molar-refractivity contribution >= 4 is 33.8 Å². The van der Waals surface area contributed by atoms with Crippen molar-refractivity contribution in [2.24, 2.45) is 0 Å². The monoisotopic (exact) mass is 418 g/mol. The lowest BCUT2D eigenvalue weighted by Gasteiger charge is -2.22. The van der Waals surface area contributed by atoms with E-state index in [1.54, 1.807) is 16.7 Å². The van der Waals surface area contributed by atoms with Crippen LogP contribution in [0.3, 0.4) is 0 Å². The number of quaternary nitrogens is 1. The summed E-state index contributed by atoms with van der Waals surface area (Å²) in [6.45, 7) is 4.69. The van der Waals surface area contributed by atoms with Crippen LogP contribution >= 0.6 is 11.8 Å². The largest absolute Gasteiger partial charge is 0.334 e. The summed E-state index contributed by atoms with van der Waals surface area (Å²) < 4.78 is 2.31. The van der Waals surface area contributed by atoms with Gasteiger partial charge in [-0.25, -0.2) is 4.98 Å². The van der Waals surface area contributed by atoms with Crippen LogP contribution < -0.4 is 4.90 Å². The number of fused-ring (bicyclic) bond motifs is 3. The van der Waals surface area contributed by atoms with Gasteiger partial charge < -0.3 is 9.47 Å². The van der Waals surface area contributed by atoms with Crippen LogP contribution in [-0.2, 0) is 13.0 Å². The third kappa shape index (κ3) is 4.20. The van der Waals surface area contributed by atoms with Gasteiger partial charge in [-0.05, 0) is 37.3 Å². The van der Waals surface area contributed by atoms with E-state index in [4.69, 9.17) is 4.98 Å². The maximum Gasteiger partial charge on any atom is 0.211 e. The maximum absolute atomic E-state index is 4.95. The molecule has 0 bridgehead atoms. The molecule has 6 heteroatoms. The first-order chi connectivity index (χ1) is 14.9. The van der Waals surface area contributed by atoms with E-state index in [9.17, 15) is 0 Å². The standard InChI is InChI=1S/C24H27N5S/c1-3-9-19(10-4-1)13-16-29-21-12-6-5-11-20(21)22-23(29)25-24(27-26-22)30-18-17-28-14-7-2-8-15-28/h1,3-6,9-12H,2,7-8,13-18H2/p+1. The minimum atomic E-state index is 0.794. The molecule has 30 heavy (non-hydrogen) atoms. The summed E-state index contributed by atoms with van der Waals surface area (Å²) in [5.74, 6) is 1.05. The number of thioether (sulfide) groups is 1. The lowest BCUT2D eigenvalue weighted by molar-refractivity contribution is -0.902. The minimum Gasteiger partial charge on any atom is -0.334 e. The van der Waals surface area contributed by atoms with E-state index in [1.807, 2.05) is 0 Å². The Kier molecular flexibility index (Phi) is 5.95.